The van der Waals surface area contributed by atoms with Crippen LogP contribution in [-0.4, -0.2) is 26.7 Å². The quantitative estimate of drug-likeness (QED) is 0.792. The Kier molecular flexibility index (Phi) is 5.58. The summed E-state index contributed by atoms with van der Waals surface area (Å²) in [6, 6.07) is 11.6. The second-order valence-corrected chi connectivity index (χ2v) is 6.97. The molecule has 2 aromatic carbocycles. The number of Topliss-reactive ketones (excluding diaryl/α,β-unsaturated/α-hetero) is 1. The first-order valence-electron chi connectivity index (χ1n) is 6.83. The van der Waals surface area contributed by atoms with Gasteiger partial charge in [0.05, 0.1) is 4.90 Å². The van der Waals surface area contributed by atoms with Crippen LogP contribution in [0.1, 0.15) is 17.3 Å². The minimum Gasteiger partial charge on any atom is -0.484 e. The summed E-state index contributed by atoms with van der Waals surface area (Å²) in [7, 11) is -3.99. The van der Waals surface area contributed by atoms with Gasteiger partial charge in [-0.2, -0.15) is 0 Å². The lowest BCUT2D eigenvalue weighted by Crippen LogP contribution is -2.34. The topological polar surface area (TPSA) is 89.5 Å². The highest BCUT2D eigenvalue weighted by atomic mass is 35.5. The number of halogens is 1. The van der Waals surface area contributed by atoms with Crippen LogP contribution in [0.3, 0.4) is 0 Å². The monoisotopic (exact) mass is 367 g/mol. The molecule has 2 aromatic rings. The summed E-state index contributed by atoms with van der Waals surface area (Å²) in [5.41, 5.74) is 0.432. The lowest BCUT2D eigenvalue weighted by Gasteiger charge is -2.09. The van der Waals surface area contributed by atoms with Crippen molar-refractivity contribution >= 4 is 33.3 Å². The van der Waals surface area contributed by atoms with Crippen LogP contribution in [0.2, 0.25) is 5.02 Å². The first-order chi connectivity index (χ1) is 11.3. The van der Waals surface area contributed by atoms with E-state index in [1.54, 1.807) is 18.2 Å². The van der Waals surface area contributed by atoms with Gasteiger partial charge in [-0.25, -0.2) is 13.1 Å². The number of benzene rings is 2. The minimum absolute atomic E-state index is 0.0844. The normalized spacial score (nSPS) is 10.9. The molecule has 0 unspecified atom stereocenters. The Morgan fingerprint density at radius 1 is 1.12 bits per heavy atom. The van der Waals surface area contributed by atoms with Gasteiger partial charge in [0.2, 0.25) is 0 Å². The molecule has 0 radical (unpaired) electrons. The van der Waals surface area contributed by atoms with Gasteiger partial charge in [-0.05, 0) is 43.3 Å². The molecule has 126 valence electrons. The van der Waals surface area contributed by atoms with Gasteiger partial charge in [0.1, 0.15) is 5.75 Å². The molecule has 0 spiro atoms. The molecule has 2 rings (SSSR count). The van der Waals surface area contributed by atoms with Crippen LogP contribution in [0.5, 0.6) is 5.75 Å². The van der Waals surface area contributed by atoms with E-state index < -0.39 is 22.5 Å². The molecule has 0 saturated heterocycles. The van der Waals surface area contributed by atoms with Gasteiger partial charge in [0.15, 0.2) is 12.4 Å². The maximum Gasteiger partial charge on any atom is 0.271 e. The number of hydrogen-bond donors (Lipinski definition) is 1. The van der Waals surface area contributed by atoms with E-state index >= 15 is 0 Å². The summed E-state index contributed by atoms with van der Waals surface area (Å²) < 4.78 is 31.2. The first-order valence-corrected chi connectivity index (χ1v) is 8.69. The minimum atomic E-state index is -3.99. The summed E-state index contributed by atoms with van der Waals surface area (Å²) in [5.74, 6) is -0.685. The Bertz CT molecular complexity index is 862. The van der Waals surface area contributed by atoms with Crippen molar-refractivity contribution in [2.24, 2.45) is 0 Å². The van der Waals surface area contributed by atoms with Crippen LogP contribution in [0.15, 0.2) is 53.4 Å². The molecule has 0 atom stereocenters. The molecule has 0 aliphatic carbocycles. The number of carbonyl (C=O) groups is 2. The average molecular weight is 368 g/mol. The van der Waals surface area contributed by atoms with Crippen molar-refractivity contribution in [3.05, 3.63) is 59.1 Å². The SMILES string of the molecule is CC(=O)c1cccc(OCC(=O)NS(=O)(=O)c2ccc(Cl)cc2)c1. The van der Waals surface area contributed by atoms with Crippen molar-refractivity contribution in [3.63, 3.8) is 0 Å². The molecule has 24 heavy (non-hydrogen) atoms. The van der Waals surface area contributed by atoms with E-state index in [9.17, 15) is 18.0 Å². The smallest absolute Gasteiger partial charge is 0.271 e. The van der Waals surface area contributed by atoms with Crippen molar-refractivity contribution in [1.82, 2.24) is 4.72 Å². The van der Waals surface area contributed by atoms with Gasteiger partial charge in [-0.1, -0.05) is 23.7 Å². The highest BCUT2D eigenvalue weighted by Crippen LogP contribution is 2.15. The molecular weight excluding hydrogens is 354 g/mol. The Labute approximate surface area is 144 Å². The zero-order chi connectivity index (χ0) is 17.7. The van der Waals surface area contributed by atoms with E-state index in [1.165, 1.54) is 37.3 Å². The number of hydrogen-bond acceptors (Lipinski definition) is 5. The summed E-state index contributed by atoms with van der Waals surface area (Å²) in [6.45, 7) is 0.901. The lowest BCUT2D eigenvalue weighted by atomic mass is 10.1. The summed E-state index contributed by atoms with van der Waals surface area (Å²) in [4.78, 5) is 23.0. The third-order valence-electron chi connectivity index (χ3n) is 2.98. The van der Waals surface area contributed by atoms with Crippen molar-refractivity contribution in [3.8, 4) is 5.75 Å². The Morgan fingerprint density at radius 3 is 2.42 bits per heavy atom. The molecule has 0 aliphatic heterocycles. The molecule has 1 amide bonds. The van der Waals surface area contributed by atoms with Crippen LogP contribution < -0.4 is 9.46 Å². The third-order valence-corrected chi connectivity index (χ3v) is 4.62. The van der Waals surface area contributed by atoms with Gasteiger partial charge >= 0.3 is 0 Å². The van der Waals surface area contributed by atoms with Crippen LogP contribution in [-0.2, 0) is 14.8 Å². The fourth-order valence-electron chi connectivity index (χ4n) is 1.81. The van der Waals surface area contributed by atoms with E-state index in [-0.39, 0.29) is 10.7 Å². The van der Waals surface area contributed by atoms with E-state index in [0.717, 1.165) is 0 Å². The van der Waals surface area contributed by atoms with E-state index in [4.69, 9.17) is 16.3 Å². The molecule has 0 fully saturated rings. The predicted molar refractivity (Wildman–Crippen MR) is 88.7 cm³/mol. The number of nitrogens with one attached hydrogen (secondary N) is 1. The fourth-order valence-corrected chi connectivity index (χ4v) is 2.90. The highest BCUT2D eigenvalue weighted by molar-refractivity contribution is 7.90. The summed E-state index contributed by atoms with van der Waals surface area (Å²) in [5, 5.41) is 0.383. The molecule has 0 saturated carbocycles. The third kappa shape index (κ3) is 4.81. The second kappa shape index (κ2) is 7.46. The molecule has 0 aromatic heterocycles. The average Bonchev–Trinajstić information content (AvgIpc) is 2.53. The number of ketones is 1. The van der Waals surface area contributed by atoms with Gasteiger partial charge in [0, 0.05) is 10.6 Å². The number of carbonyl (C=O) groups excluding carboxylic acids is 2. The molecule has 0 bridgehead atoms. The van der Waals surface area contributed by atoms with Crippen LogP contribution in [0.4, 0.5) is 0 Å². The first kappa shape index (κ1) is 18.0. The van der Waals surface area contributed by atoms with E-state index in [0.29, 0.717) is 16.3 Å². The van der Waals surface area contributed by atoms with Crippen molar-refractivity contribution in [2.75, 3.05) is 6.61 Å². The van der Waals surface area contributed by atoms with Crippen LogP contribution >= 0.6 is 11.6 Å². The van der Waals surface area contributed by atoms with E-state index in [2.05, 4.69) is 0 Å². The molecule has 0 heterocycles. The standard InChI is InChI=1S/C16H14ClNO5S/c1-11(19)12-3-2-4-14(9-12)23-10-16(20)18-24(21,22)15-7-5-13(17)6-8-15/h2-9H,10H2,1H3,(H,18,20). The zero-order valence-electron chi connectivity index (χ0n) is 12.7. The second-order valence-electron chi connectivity index (χ2n) is 4.86. The molecule has 0 aliphatic rings. The number of rotatable bonds is 6. The highest BCUT2D eigenvalue weighted by Gasteiger charge is 2.17. The fraction of sp³-hybridized carbons (Fsp3) is 0.125. The molecule has 1 N–H and O–H groups in total. The zero-order valence-corrected chi connectivity index (χ0v) is 14.2. The van der Waals surface area contributed by atoms with Crippen molar-refractivity contribution in [1.29, 1.82) is 0 Å². The summed E-state index contributed by atoms with van der Waals surface area (Å²) in [6.07, 6.45) is 0. The largest absolute Gasteiger partial charge is 0.484 e. The van der Waals surface area contributed by atoms with Gasteiger partial charge in [-0.3, -0.25) is 9.59 Å². The molecule has 6 nitrogen and oxygen atoms in total. The van der Waals surface area contributed by atoms with Crippen molar-refractivity contribution in [2.45, 2.75) is 11.8 Å². The number of ether oxygens (including phenoxy) is 1. The van der Waals surface area contributed by atoms with Gasteiger partial charge in [-0.15, -0.1) is 0 Å². The predicted octanol–water partition coefficient (Wildman–Crippen LogP) is 2.43. The van der Waals surface area contributed by atoms with Gasteiger partial charge < -0.3 is 4.74 Å². The Hall–Kier alpha value is -2.38. The Balaban J connectivity index is 1.99. The van der Waals surface area contributed by atoms with Crippen LogP contribution in [0.25, 0.3) is 0 Å². The lowest BCUT2D eigenvalue weighted by molar-refractivity contribution is -0.121. The van der Waals surface area contributed by atoms with Crippen molar-refractivity contribution < 1.29 is 22.7 Å². The maximum absolute atomic E-state index is 12.0. The number of sulfonamides is 1. The molecule has 8 heteroatoms. The molecular formula is C16H14ClNO5S. The number of amides is 1. The maximum atomic E-state index is 12.0. The summed E-state index contributed by atoms with van der Waals surface area (Å²) >= 11 is 5.69. The van der Waals surface area contributed by atoms with Gasteiger partial charge in [0.25, 0.3) is 15.9 Å². The van der Waals surface area contributed by atoms with E-state index in [1.807, 2.05) is 4.72 Å². The van der Waals surface area contributed by atoms with Crippen LogP contribution in [0, 0.1) is 0 Å². The Morgan fingerprint density at radius 2 is 1.79 bits per heavy atom.